The number of carbonyl (C=O) groups is 3. The molecule has 1 aliphatic carbocycles. The first-order valence-corrected chi connectivity index (χ1v) is 7.06. The molecule has 0 fully saturated rings. The Labute approximate surface area is 123 Å². The third-order valence-electron chi connectivity index (χ3n) is 3.84. The molecule has 1 aliphatic rings. The summed E-state index contributed by atoms with van der Waals surface area (Å²) < 4.78 is 4.61. The summed E-state index contributed by atoms with van der Waals surface area (Å²) >= 11 is 0. The number of H-pyrrole nitrogens is 1. The summed E-state index contributed by atoms with van der Waals surface area (Å²) in [6.07, 6.45) is 2.13. The van der Waals surface area contributed by atoms with Crippen LogP contribution in [-0.4, -0.2) is 36.3 Å². The fourth-order valence-corrected chi connectivity index (χ4v) is 2.62. The molecule has 1 unspecified atom stereocenters. The largest absolute Gasteiger partial charge is 0.469 e. The molecule has 0 saturated carbocycles. The van der Waals surface area contributed by atoms with E-state index in [9.17, 15) is 14.4 Å². The predicted octanol–water partition coefficient (Wildman–Crippen LogP) is 1.38. The molecule has 6 nitrogen and oxygen atoms in total. The highest BCUT2D eigenvalue weighted by molar-refractivity contribution is 6.04. The van der Waals surface area contributed by atoms with Gasteiger partial charge in [-0.1, -0.05) is 6.92 Å². The summed E-state index contributed by atoms with van der Waals surface area (Å²) in [5.74, 6) is -0.990. The lowest BCUT2D eigenvalue weighted by molar-refractivity contribution is -0.144. The first-order chi connectivity index (χ1) is 9.95. The van der Waals surface area contributed by atoms with Crippen LogP contribution in [-0.2, 0) is 16.0 Å². The summed E-state index contributed by atoms with van der Waals surface area (Å²) in [7, 11) is 1.31. The molecule has 1 aromatic rings. The minimum Gasteiger partial charge on any atom is -0.469 e. The molecule has 0 bridgehead atoms. The van der Waals surface area contributed by atoms with Crippen molar-refractivity contribution in [3.05, 3.63) is 22.5 Å². The molecule has 0 saturated heterocycles. The Morgan fingerprint density at radius 1 is 1.38 bits per heavy atom. The molecule has 0 radical (unpaired) electrons. The Bertz CT molecular complexity index is 589. The number of ether oxygens (including phenoxy) is 1. The normalized spacial score (nSPS) is 15.3. The van der Waals surface area contributed by atoms with E-state index in [-0.39, 0.29) is 24.2 Å². The predicted molar refractivity (Wildman–Crippen MR) is 76.3 cm³/mol. The number of nitrogens with one attached hydrogen (secondary N) is 2. The van der Waals surface area contributed by atoms with E-state index in [4.69, 9.17) is 0 Å². The lowest BCUT2D eigenvalue weighted by Gasteiger charge is -2.10. The molecule has 2 rings (SSSR count). The Balaban J connectivity index is 2.10. The van der Waals surface area contributed by atoms with Crippen LogP contribution in [0.3, 0.4) is 0 Å². The smallest absolute Gasteiger partial charge is 0.310 e. The lowest BCUT2D eigenvalue weighted by Crippen LogP contribution is -2.32. The summed E-state index contributed by atoms with van der Waals surface area (Å²) in [5.41, 5.74) is 2.60. The maximum Gasteiger partial charge on any atom is 0.310 e. The van der Waals surface area contributed by atoms with E-state index < -0.39 is 5.92 Å². The molecule has 0 aromatic carbocycles. The van der Waals surface area contributed by atoms with Gasteiger partial charge in [0, 0.05) is 24.2 Å². The topological polar surface area (TPSA) is 88.3 Å². The molecular weight excluding hydrogens is 272 g/mol. The van der Waals surface area contributed by atoms with Crippen LogP contribution in [0.5, 0.6) is 0 Å². The van der Waals surface area contributed by atoms with Gasteiger partial charge < -0.3 is 15.0 Å². The van der Waals surface area contributed by atoms with Gasteiger partial charge in [-0.15, -0.1) is 0 Å². The van der Waals surface area contributed by atoms with Crippen LogP contribution < -0.4 is 5.32 Å². The fraction of sp³-hybridized carbons (Fsp3) is 0.533. The van der Waals surface area contributed by atoms with Crippen LogP contribution in [0.4, 0.5) is 0 Å². The number of methoxy groups -OCH3 is 1. The van der Waals surface area contributed by atoms with Gasteiger partial charge >= 0.3 is 5.97 Å². The van der Waals surface area contributed by atoms with Crippen molar-refractivity contribution in [3.8, 4) is 0 Å². The van der Waals surface area contributed by atoms with Crippen molar-refractivity contribution in [1.29, 1.82) is 0 Å². The number of hydrogen-bond donors (Lipinski definition) is 2. The van der Waals surface area contributed by atoms with Crippen molar-refractivity contribution in [2.75, 3.05) is 13.7 Å². The van der Waals surface area contributed by atoms with E-state index in [0.717, 1.165) is 18.5 Å². The molecule has 6 heteroatoms. The summed E-state index contributed by atoms with van der Waals surface area (Å²) in [6.45, 7) is 3.65. The van der Waals surface area contributed by atoms with Gasteiger partial charge in [0.15, 0.2) is 5.78 Å². The molecule has 1 heterocycles. The number of hydrogen-bond acceptors (Lipinski definition) is 4. The van der Waals surface area contributed by atoms with Gasteiger partial charge in [-0.3, -0.25) is 14.4 Å². The summed E-state index contributed by atoms with van der Waals surface area (Å²) in [6, 6.07) is 0. The number of fused-ring (bicyclic) bond motifs is 1. The fourth-order valence-electron chi connectivity index (χ4n) is 2.62. The van der Waals surface area contributed by atoms with Crippen molar-refractivity contribution >= 4 is 17.7 Å². The van der Waals surface area contributed by atoms with E-state index >= 15 is 0 Å². The summed E-state index contributed by atoms with van der Waals surface area (Å²) in [4.78, 5) is 38.5. The van der Waals surface area contributed by atoms with Crippen molar-refractivity contribution in [2.45, 2.75) is 33.1 Å². The Morgan fingerprint density at radius 3 is 2.71 bits per heavy atom. The van der Waals surface area contributed by atoms with Gasteiger partial charge in [0.05, 0.1) is 13.0 Å². The van der Waals surface area contributed by atoms with Crippen molar-refractivity contribution in [3.63, 3.8) is 0 Å². The maximum atomic E-state index is 12.2. The zero-order valence-electron chi connectivity index (χ0n) is 12.5. The molecule has 0 aliphatic heterocycles. The molecule has 1 amide bonds. The van der Waals surface area contributed by atoms with Gasteiger partial charge in [0.25, 0.3) is 5.91 Å². The number of aromatic nitrogens is 1. The van der Waals surface area contributed by atoms with E-state index in [0.29, 0.717) is 23.2 Å². The van der Waals surface area contributed by atoms with Crippen molar-refractivity contribution < 1.29 is 19.1 Å². The van der Waals surface area contributed by atoms with Crippen LogP contribution >= 0.6 is 0 Å². The third-order valence-corrected chi connectivity index (χ3v) is 3.84. The van der Waals surface area contributed by atoms with Gasteiger partial charge in [-0.05, 0) is 25.3 Å². The Morgan fingerprint density at radius 2 is 2.10 bits per heavy atom. The number of rotatable bonds is 4. The molecule has 2 N–H and O–H groups in total. The zero-order valence-corrected chi connectivity index (χ0v) is 12.5. The van der Waals surface area contributed by atoms with Gasteiger partial charge in [0.1, 0.15) is 5.69 Å². The minimum absolute atomic E-state index is 0.0898. The average Bonchev–Trinajstić information content (AvgIpc) is 2.82. The zero-order chi connectivity index (χ0) is 15.6. The van der Waals surface area contributed by atoms with Crippen molar-refractivity contribution in [1.82, 2.24) is 10.3 Å². The second-order valence-electron chi connectivity index (χ2n) is 5.39. The highest BCUT2D eigenvalue weighted by Crippen LogP contribution is 2.26. The number of amides is 1. The van der Waals surface area contributed by atoms with Gasteiger partial charge in [-0.2, -0.15) is 0 Å². The van der Waals surface area contributed by atoms with Crippen LogP contribution in [0.15, 0.2) is 0 Å². The van der Waals surface area contributed by atoms with E-state index in [2.05, 4.69) is 15.0 Å². The number of Topliss-reactive ketones (excluding diaryl/α,β-unsaturated/α-hetero) is 1. The van der Waals surface area contributed by atoms with Crippen LogP contribution in [0.1, 0.15) is 51.9 Å². The quantitative estimate of drug-likeness (QED) is 0.821. The van der Waals surface area contributed by atoms with E-state index in [1.165, 1.54) is 7.11 Å². The first-order valence-electron chi connectivity index (χ1n) is 7.06. The van der Waals surface area contributed by atoms with Crippen LogP contribution in [0.25, 0.3) is 0 Å². The second kappa shape index (κ2) is 6.11. The van der Waals surface area contributed by atoms with Gasteiger partial charge in [-0.25, -0.2) is 0 Å². The monoisotopic (exact) mass is 292 g/mol. The van der Waals surface area contributed by atoms with Gasteiger partial charge in [0.2, 0.25) is 0 Å². The standard InChI is InChI=1S/C15H20N2O4/c1-8(15(20)21-3)7-16-14(19)13-9(2)12-10(17-13)5-4-6-11(12)18/h8,17H,4-7H2,1-3H3,(H,16,19). The molecule has 0 spiro atoms. The van der Waals surface area contributed by atoms with E-state index in [1.54, 1.807) is 13.8 Å². The number of carbonyl (C=O) groups excluding carboxylic acids is 3. The third kappa shape index (κ3) is 2.99. The van der Waals surface area contributed by atoms with Crippen LogP contribution in [0.2, 0.25) is 0 Å². The SMILES string of the molecule is COC(=O)C(C)CNC(=O)c1[nH]c2c(c1C)C(=O)CCC2. The summed E-state index contributed by atoms with van der Waals surface area (Å²) in [5, 5.41) is 2.70. The average molecular weight is 292 g/mol. The first kappa shape index (κ1) is 15.3. The maximum absolute atomic E-state index is 12.2. The minimum atomic E-state index is -0.412. The highest BCUT2D eigenvalue weighted by Gasteiger charge is 2.26. The molecule has 1 aromatic heterocycles. The molecular formula is C15H20N2O4. The van der Waals surface area contributed by atoms with E-state index in [1.807, 2.05) is 0 Å². The molecule has 114 valence electrons. The Hall–Kier alpha value is -2.11. The second-order valence-corrected chi connectivity index (χ2v) is 5.39. The number of aryl methyl sites for hydroxylation is 1. The lowest BCUT2D eigenvalue weighted by atomic mass is 9.94. The number of esters is 1. The number of aromatic amines is 1. The van der Waals surface area contributed by atoms with Crippen molar-refractivity contribution in [2.24, 2.45) is 5.92 Å². The molecule has 21 heavy (non-hydrogen) atoms. The Kier molecular flexibility index (Phi) is 4.45. The number of ketones is 1. The van der Waals surface area contributed by atoms with Crippen LogP contribution in [0, 0.1) is 12.8 Å². The highest BCUT2D eigenvalue weighted by atomic mass is 16.5. The molecule has 1 atom stereocenters.